The van der Waals surface area contributed by atoms with Crippen LogP contribution in [-0.2, 0) is 16.1 Å². The van der Waals surface area contributed by atoms with Crippen LogP contribution in [0.15, 0.2) is 36.7 Å². The number of benzene rings is 1. The molecule has 0 spiro atoms. The number of aromatic nitrogens is 2. The number of halogens is 1. The number of alkyl carbamates (subject to hydrolysis) is 1. The third kappa shape index (κ3) is 4.72. The molecular weight excluding hydrogens is 351 g/mol. The zero-order valence-electron chi connectivity index (χ0n) is 15.4. The van der Waals surface area contributed by atoms with Gasteiger partial charge in [0.2, 0.25) is 5.91 Å². The van der Waals surface area contributed by atoms with Crippen LogP contribution in [0.4, 0.5) is 9.18 Å². The molecular formula is C19H21FN4O3. The number of amides is 2. The van der Waals surface area contributed by atoms with Crippen molar-refractivity contribution in [3.8, 4) is 11.3 Å². The van der Waals surface area contributed by atoms with E-state index < -0.39 is 11.7 Å². The van der Waals surface area contributed by atoms with Crippen molar-refractivity contribution in [2.75, 3.05) is 6.54 Å². The Morgan fingerprint density at radius 3 is 2.59 bits per heavy atom. The van der Waals surface area contributed by atoms with Crippen LogP contribution in [0.3, 0.4) is 0 Å². The summed E-state index contributed by atoms with van der Waals surface area (Å²) in [6.45, 7) is 5.35. The molecule has 2 heterocycles. The SMILES string of the molecule is CC(C)(C)OC(=O)NCC(=O)N1C=Cn2cc(-c3ccc(F)cc3)nc2C1. The molecule has 8 heteroatoms. The smallest absolute Gasteiger partial charge is 0.408 e. The standard InChI is InChI=1S/C19H21FN4O3/c1-19(2,3)27-18(26)21-10-17(25)24-9-8-23-11-15(22-16(23)12-24)13-4-6-14(20)7-5-13/h4-9,11H,10,12H2,1-3H3,(H,21,26). The highest BCUT2D eigenvalue weighted by Crippen LogP contribution is 2.22. The summed E-state index contributed by atoms with van der Waals surface area (Å²) in [7, 11) is 0. The minimum Gasteiger partial charge on any atom is -0.444 e. The quantitative estimate of drug-likeness (QED) is 0.899. The van der Waals surface area contributed by atoms with Crippen molar-refractivity contribution >= 4 is 18.2 Å². The summed E-state index contributed by atoms with van der Waals surface area (Å²) < 4.78 is 20.0. The van der Waals surface area contributed by atoms with Gasteiger partial charge >= 0.3 is 6.09 Å². The van der Waals surface area contributed by atoms with Crippen LogP contribution in [0.1, 0.15) is 26.6 Å². The molecule has 0 bridgehead atoms. The molecule has 142 valence electrons. The van der Waals surface area contributed by atoms with Crippen LogP contribution >= 0.6 is 0 Å². The summed E-state index contributed by atoms with van der Waals surface area (Å²) in [6.07, 6.45) is 4.52. The van der Waals surface area contributed by atoms with Crippen LogP contribution in [0.5, 0.6) is 0 Å². The molecule has 0 saturated heterocycles. The Morgan fingerprint density at radius 1 is 1.22 bits per heavy atom. The van der Waals surface area contributed by atoms with E-state index in [0.717, 1.165) is 5.56 Å². The number of imidazole rings is 1. The van der Waals surface area contributed by atoms with E-state index in [1.54, 1.807) is 45.3 Å². The Balaban J connectivity index is 1.62. The van der Waals surface area contributed by atoms with Gasteiger partial charge in [0, 0.05) is 24.2 Å². The molecule has 1 aromatic heterocycles. The number of ether oxygens (including phenoxy) is 1. The minimum atomic E-state index is -0.642. The van der Waals surface area contributed by atoms with E-state index in [1.165, 1.54) is 17.0 Å². The van der Waals surface area contributed by atoms with Gasteiger partial charge in [0.1, 0.15) is 23.8 Å². The summed E-state index contributed by atoms with van der Waals surface area (Å²) in [5, 5.41) is 2.45. The first-order valence-electron chi connectivity index (χ1n) is 8.49. The van der Waals surface area contributed by atoms with E-state index in [9.17, 15) is 14.0 Å². The molecule has 1 N–H and O–H groups in total. The number of carbonyl (C=O) groups excluding carboxylic acids is 2. The molecule has 27 heavy (non-hydrogen) atoms. The van der Waals surface area contributed by atoms with Crippen molar-refractivity contribution in [2.45, 2.75) is 32.9 Å². The molecule has 0 saturated carbocycles. The fourth-order valence-corrected chi connectivity index (χ4v) is 2.53. The maximum Gasteiger partial charge on any atom is 0.408 e. The van der Waals surface area contributed by atoms with E-state index in [-0.39, 0.29) is 24.8 Å². The van der Waals surface area contributed by atoms with Crippen LogP contribution in [0, 0.1) is 5.82 Å². The van der Waals surface area contributed by atoms with Gasteiger partial charge in [-0.3, -0.25) is 4.79 Å². The van der Waals surface area contributed by atoms with Gasteiger partial charge in [-0.15, -0.1) is 0 Å². The topological polar surface area (TPSA) is 76.5 Å². The maximum atomic E-state index is 13.1. The lowest BCUT2D eigenvalue weighted by molar-refractivity contribution is -0.128. The second kappa shape index (κ2) is 7.22. The highest BCUT2D eigenvalue weighted by atomic mass is 19.1. The predicted molar refractivity (Wildman–Crippen MR) is 97.7 cm³/mol. The summed E-state index contributed by atoms with van der Waals surface area (Å²) >= 11 is 0. The first-order valence-corrected chi connectivity index (χ1v) is 8.49. The fourth-order valence-electron chi connectivity index (χ4n) is 2.53. The van der Waals surface area contributed by atoms with Crippen LogP contribution in [-0.4, -0.2) is 38.6 Å². The average molecular weight is 372 g/mol. The second-order valence-electron chi connectivity index (χ2n) is 7.13. The summed E-state index contributed by atoms with van der Waals surface area (Å²) in [4.78, 5) is 30.0. The van der Waals surface area contributed by atoms with Crippen LogP contribution in [0.2, 0.25) is 0 Å². The Bertz CT molecular complexity index is 881. The Kier molecular flexibility index (Phi) is 4.98. The molecule has 1 aromatic carbocycles. The molecule has 0 aliphatic carbocycles. The Hall–Kier alpha value is -3.16. The zero-order valence-corrected chi connectivity index (χ0v) is 15.4. The van der Waals surface area contributed by atoms with Crippen molar-refractivity contribution in [1.29, 1.82) is 0 Å². The van der Waals surface area contributed by atoms with Gasteiger partial charge in [0.05, 0.1) is 12.2 Å². The van der Waals surface area contributed by atoms with Crippen LogP contribution < -0.4 is 5.32 Å². The lowest BCUT2D eigenvalue weighted by Crippen LogP contribution is -2.40. The van der Waals surface area contributed by atoms with Crippen molar-refractivity contribution in [2.24, 2.45) is 0 Å². The number of carbonyl (C=O) groups is 2. The van der Waals surface area contributed by atoms with E-state index in [2.05, 4.69) is 10.3 Å². The minimum absolute atomic E-state index is 0.176. The van der Waals surface area contributed by atoms with E-state index in [1.807, 2.05) is 10.8 Å². The number of rotatable bonds is 3. The van der Waals surface area contributed by atoms with Gasteiger partial charge in [-0.2, -0.15) is 0 Å². The fraction of sp³-hybridized carbons (Fsp3) is 0.316. The molecule has 2 aromatic rings. The third-order valence-electron chi connectivity index (χ3n) is 3.77. The normalized spacial score (nSPS) is 13.3. The molecule has 7 nitrogen and oxygen atoms in total. The Labute approximate surface area is 156 Å². The first-order chi connectivity index (χ1) is 12.7. The summed E-state index contributed by atoms with van der Waals surface area (Å²) in [5.74, 6) is 0.0778. The van der Waals surface area contributed by atoms with Gasteiger partial charge in [-0.1, -0.05) is 0 Å². The Morgan fingerprint density at radius 2 is 1.93 bits per heavy atom. The van der Waals surface area contributed by atoms with Crippen molar-refractivity contribution in [3.05, 3.63) is 48.3 Å². The number of nitrogens with one attached hydrogen (secondary N) is 1. The molecule has 0 radical (unpaired) electrons. The predicted octanol–water partition coefficient (Wildman–Crippen LogP) is 2.98. The van der Waals surface area contributed by atoms with E-state index >= 15 is 0 Å². The highest BCUT2D eigenvalue weighted by Gasteiger charge is 2.21. The summed E-state index contributed by atoms with van der Waals surface area (Å²) in [6, 6.07) is 6.06. The lowest BCUT2D eigenvalue weighted by Gasteiger charge is -2.23. The van der Waals surface area contributed by atoms with E-state index in [0.29, 0.717) is 11.5 Å². The summed E-state index contributed by atoms with van der Waals surface area (Å²) in [5.41, 5.74) is 0.853. The zero-order chi connectivity index (χ0) is 19.6. The number of nitrogens with zero attached hydrogens (tertiary/aromatic N) is 3. The molecule has 3 rings (SSSR count). The molecule has 2 amide bonds. The molecule has 1 aliphatic rings. The first kappa shape index (κ1) is 18.6. The van der Waals surface area contributed by atoms with Gasteiger partial charge in [0.15, 0.2) is 0 Å². The largest absolute Gasteiger partial charge is 0.444 e. The second-order valence-corrected chi connectivity index (χ2v) is 7.13. The average Bonchev–Trinajstić information content (AvgIpc) is 3.02. The monoisotopic (exact) mass is 372 g/mol. The third-order valence-corrected chi connectivity index (χ3v) is 3.77. The lowest BCUT2D eigenvalue weighted by atomic mass is 10.2. The van der Waals surface area contributed by atoms with Gasteiger partial charge in [-0.05, 0) is 45.0 Å². The van der Waals surface area contributed by atoms with Gasteiger partial charge < -0.3 is 19.5 Å². The molecule has 1 aliphatic heterocycles. The molecule has 0 unspecified atom stereocenters. The van der Waals surface area contributed by atoms with Gasteiger partial charge in [0.25, 0.3) is 0 Å². The number of fused-ring (bicyclic) bond motifs is 1. The van der Waals surface area contributed by atoms with Crippen molar-refractivity contribution in [1.82, 2.24) is 19.8 Å². The van der Waals surface area contributed by atoms with Crippen molar-refractivity contribution in [3.63, 3.8) is 0 Å². The van der Waals surface area contributed by atoms with Crippen LogP contribution in [0.25, 0.3) is 17.5 Å². The number of hydrogen-bond donors (Lipinski definition) is 1. The molecule has 0 atom stereocenters. The van der Waals surface area contributed by atoms with Crippen molar-refractivity contribution < 1.29 is 18.7 Å². The molecule has 0 fully saturated rings. The highest BCUT2D eigenvalue weighted by molar-refractivity contribution is 5.83. The van der Waals surface area contributed by atoms with Gasteiger partial charge in [-0.25, -0.2) is 14.2 Å². The number of hydrogen-bond acceptors (Lipinski definition) is 4. The van der Waals surface area contributed by atoms with E-state index in [4.69, 9.17) is 4.74 Å². The maximum absolute atomic E-state index is 13.1.